The number of halogens is 2. The van der Waals surface area contributed by atoms with Gasteiger partial charge in [-0.25, -0.2) is 8.78 Å². The van der Waals surface area contributed by atoms with Gasteiger partial charge >= 0.3 is 0 Å². The van der Waals surface area contributed by atoms with Gasteiger partial charge in [0.05, 0.1) is 17.7 Å². The van der Waals surface area contributed by atoms with Crippen molar-refractivity contribution >= 4 is 11.8 Å². The Hall–Kier alpha value is -3.51. The van der Waals surface area contributed by atoms with Crippen molar-refractivity contribution in [1.29, 1.82) is 5.26 Å². The van der Waals surface area contributed by atoms with Crippen LogP contribution in [0.3, 0.4) is 0 Å². The molecule has 0 saturated carbocycles. The molecule has 208 valence electrons. The minimum atomic E-state index is -1.22. The number of hydrogen-bond donors (Lipinski definition) is 1. The molecule has 4 rings (SSSR count). The number of primary amides is 1. The first-order valence-electron chi connectivity index (χ1n) is 13.5. The third-order valence-electron chi connectivity index (χ3n) is 7.51. The maximum Gasteiger partial charge on any atom is 0.257 e. The molecule has 2 heterocycles. The van der Waals surface area contributed by atoms with Crippen LogP contribution in [0.2, 0.25) is 0 Å². The molecule has 0 radical (unpaired) electrons. The van der Waals surface area contributed by atoms with Gasteiger partial charge in [0.25, 0.3) is 5.91 Å². The minimum Gasteiger partial charge on any atom is -0.492 e. The Morgan fingerprint density at radius 3 is 2.41 bits per heavy atom. The van der Waals surface area contributed by atoms with Crippen molar-refractivity contribution in [2.24, 2.45) is 11.7 Å². The molecule has 0 aromatic heterocycles. The molecule has 2 fully saturated rings. The summed E-state index contributed by atoms with van der Waals surface area (Å²) in [5, 5.41) is 9.72. The summed E-state index contributed by atoms with van der Waals surface area (Å²) in [6, 6.07) is 10.8. The Labute approximate surface area is 228 Å². The van der Waals surface area contributed by atoms with Gasteiger partial charge in [-0.2, -0.15) is 5.26 Å². The van der Waals surface area contributed by atoms with E-state index in [0.29, 0.717) is 54.5 Å². The molecule has 2 aromatic rings. The fraction of sp³-hybridized carbons (Fsp3) is 0.500. The standard InChI is InChI=1S/C30H36F2N4O3/c1-30(2,32)19-35-13-10-20(11-14-35)18-39-27-9-7-21(15-23(27)17-33)22-6-8-24(25(31)16-22)29(38)36-12-4-3-5-26(36)28(34)37/h6-9,15-16,20,26H,3-5,10-14,18-19H2,1-2H3,(H2,34,37)/t26-/m1/s1. The summed E-state index contributed by atoms with van der Waals surface area (Å²) >= 11 is 0. The van der Waals surface area contributed by atoms with E-state index in [0.717, 1.165) is 38.8 Å². The maximum absolute atomic E-state index is 15.1. The van der Waals surface area contributed by atoms with Crippen LogP contribution in [0.4, 0.5) is 8.78 Å². The topological polar surface area (TPSA) is 99.7 Å². The fourth-order valence-corrected chi connectivity index (χ4v) is 5.47. The number of likely N-dealkylation sites (tertiary alicyclic amines) is 2. The number of hydrogen-bond acceptors (Lipinski definition) is 5. The summed E-state index contributed by atoms with van der Waals surface area (Å²) in [6.07, 6.45) is 3.80. The monoisotopic (exact) mass is 538 g/mol. The zero-order valence-electron chi connectivity index (χ0n) is 22.6. The smallest absolute Gasteiger partial charge is 0.257 e. The lowest BCUT2D eigenvalue weighted by Gasteiger charge is -2.34. The molecule has 7 nitrogen and oxygen atoms in total. The highest BCUT2D eigenvalue weighted by Crippen LogP contribution is 2.30. The van der Waals surface area contributed by atoms with Crippen molar-refractivity contribution in [2.45, 2.75) is 57.7 Å². The van der Waals surface area contributed by atoms with Crippen LogP contribution in [0.1, 0.15) is 61.9 Å². The van der Waals surface area contributed by atoms with Gasteiger partial charge in [0.1, 0.15) is 29.3 Å². The summed E-state index contributed by atoms with van der Waals surface area (Å²) in [4.78, 5) is 28.3. The largest absolute Gasteiger partial charge is 0.492 e. The van der Waals surface area contributed by atoms with Crippen molar-refractivity contribution < 1.29 is 23.1 Å². The summed E-state index contributed by atoms with van der Waals surface area (Å²) in [5.74, 6) is -1.06. The molecule has 0 aliphatic carbocycles. The quantitative estimate of drug-likeness (QED) is 0.526. The number of nitrogens with two attached hydrogens (primary N) is 1. The lowest BCUT2D eigenvalue weighted by molar-refractivity contribution is -0.123. The average Bonchev–Trinajstić information content (AvgIpc) is 2.91. The summed E-state index contributed by atoms with van der Waals surface area (Å²) in [7, 11) is 0. The number of rotatable bonds is 8. The normalized spacial score (nSPS) is 18.9. The van der Waals surface area contributed by atoms with Crippen LogP contribution in [0, 0.1) is 23.1 Å². The van der Waals surface area contributed by atoms with E-state index in [1.54, 1.807) is 38.1 Å². The Morgan fingerprint density at radius 2 is 1.77 bits per heavy atom. The number of benzene rings is 2. The SMILES string of the molecule is CC(C)(F)CN1CCC(COc2ccc(-c3ccc(C(=O)N4CCCC[C@@H]4C(N)=O)c(F)c3)cc2C#N)CC1. The number of piperidine rings is 2. The van der Waals surface area contributed by atoms with Gasteiger partial charge in [-0.3, -0.25) is 9.59 Å². The third-order valence-corrected chi connectivity index (χ3v) is 7.51. The van der Waals surface area contributed by atoms with Crippen molar-refractivity contribution in [3.63, 3.8) is 0 Å². The molecule has 0 spiro atoms. The number of ether oxygens (including phenoxy) is 1. The molecular weight excluding hydrogens is 502 g/mol. The van der Waals surface area contributed by atoms with Gasteiger partial charge < -0.3 is 20.3 Å². The number of amides is 2. The molecule has 2 amide bonds. The zero-order valence-corrected chi connectivity index (χ0v) is 22.6. The van der Waals surface area contributed by atoms with Crippen LogP contribution in [0.15, 0.2) is 36.4 Å². The Bertz CT molecular complexity index is 1250. The molecule has 9 heteroatoms. The van der Waals surface area contributed by atoms with E-state index in [1.807, 2.05) is 0 Å². The van der Waals surface area contributed by atoms with E-state index >= 15 is 4.39 Å². The summed E-state index contributed by atoms with van der Waals surface area (Å²) < 4.78 is 35.0. The maximum atomic E-state index is 15.1. The van der Waals surface area contributed by atoms with E-state index < -0.39 is 29.3 Å². The molecule has 2 N–H and O–H groups in total. The highest BCUT2D eigenvalue weighted by Gasteiger charge is 2.32. The van der Waals surface area contributed by atoms with Crippen LogP contribution >= 0.6 is 0 Å². The number of carbonyl (C=O) groups is 2. The molecule has 1 atom stereocenters. The van der Waals surface area contributed by atoms with Crippen LogP contribution in [-0.4, -0.2) is 66.1 Å². The average molecular weight is 539 g/mol. The van der Waals surface area contributed by atoms with Gasteiger partial charge in [0.15, 0.2) is 0 Å². The first-order chi connectivity index (χ1) is 18.6. The molecule has 39 heavy (non-hydrogen) atoms. The molecule has 0 bridgehead atoms. The molecule has 2 saturated heterocycles. The highest BCUT2D eigenvalue weighted by atomic mass is 19.1. The molecular formula is C30H36F2N4O3. The second kappa shape index (κ2) is 12.1. The highest BCUT2D eigenvalue weighted by molar-refractivity contribution is 5.98. The lowest BCUT2D eigenvalue weighted by atomic mass is 9.96. The molecule has 2 aliphatic rings. The van der Waals surface area contributed by atoms with Gasteiger partial charge in [0.2, 0.25) is 5.91 Å². The first kappa shape index (κ1) is 28.5. The first-order valence-corrected chi connectivity index (χ1v) is 13.5. The predicted molar refractivity (Wildman–Crippen MR) is 144 cm³/mol. The third kappa shape index (κ3) is 7.12. The molecule has 2 aromatic carbocycles. The Morgan fingerprint density at radius 1 is 1.08 bits per heavy atom. The van der Waals surface area contributed by atoms with E-state index in [-0.39, 0.29) is 5.56 Å². The van der Waals surface area contributed by atoms with E-state index in [1.165, 1.54) is 17.0 Å². The Balaban J connectivity index is 1.41. The van der Waals surface area contributed by atoms with Gasteiger partial charge in [0, 0.05) is 13.1 Å². The van der Waals surface area contributed by atoms with E-state index in [2.05, 4.69) is 11.0 Å². The van der Waals surface area contributed by atoms with Crippen molar-refractivity contribution in [1.82, 2.24) is 9.80 Å². The summed E-state index contributed by atoms with van der Waals surface area (Å²) in [5.41, 5.74) is 5.60. The van der Waals surface area contributed by atoms with Crippen molar-refractivity contribution in [3.05, 3.63) is 53.3 Å². The zero-order chi connectivity index (χ0) is 28.2. The van der Waals surface area contributed by atoms with Crippen molar-refractivity contribution in [2.75, 3.05) is 32.8 Å². The van der Waals surface area contributed by atoms with E-state index in [9.17, 15) is 19.2 Å². The van der Waals surface area contributed by atoms with Gasteiger partial charge in [-0.05, 0) is 100 Å². The second-order valence-corrected chi connectivity index (χ2v) is 11.2. The van der Waals surface area contributed by atoms with E-state index in [4.69, 9.17) is 10.5 Å². The van der Waals surface area contributed by atoms with Crippen LogP contribution < -0.4 is 10.5 Å². The number of alkyl halides is 1. The van der Waals surface area contributed by atoms with Gasteiger partial charge in [-0.15, -0.1) is 0 Å². The summed E-state index contributed by atoms with van der Waals surface area (Å²) in [6.45, 7) is 6.06. The number of carbonyl (C=O) groups excluding carboxylic acids is 2. The minimum absolute atomic E-state index is 0.117. The fourth-order valence-electron chi connectivity index (χ4n) is 5.47. The van der Waals surface area contributed by atoms with Crippen LogP contribution in [0.25, 0.3) is 11.1 Å². The van der Waals surface area contributed by atoms with Crippen LogP contribution in [0.5, 0.6) is 5.75 Å². The Kier molecular flexibility index (Phi) is 8.86. The van der Waals surface area contributed by atoms with Gasteiger partial charge in [-0.1, -0.05) is 12.1 Å². The van der Waals surface area contributed by atoms with Crippen molar-refractivity contribution in [3.8, 4) is 22.9 Å². The molecule has 2 aliphatic heterocycles. The lowest BCUT2D eigenvalue weighted by Crippen LogP contribution is -2.50. The molecule has 0 unspecified atom stereocenters. The number of nitriles is 1. The van der Waals surface area contributed by atoms with Crippen LogP contribution in [-0.2, 0) is 4.79 Å². The number of nitrogens with zero attached hydrogens (tertiary/aromatic N) is 3. The predicted octanol–water partition coefficient (Wildman–Crippen LogP) is 4.68. The second-order valence-electron chi connectivity index (χ2n) is 11.2.